The molecule has 1 unspecified atom stereocenters. The van der Waals surface area contributed by atoms with Gasteiger partial charge in [0.25, 0.3) is 5.91 Å². The Morgan fingerprint density at radius 2 is 2.29 bits per heavy atom. The first-order chi connectivity index (χ1) is 8.04. The molecule has 1 aliphatic carbocycles. The van der Waals surface area contributed by atoms with Crippen LogP contribution in [0.25, 0.3) is 0 Å². The van der Waals surface area contributed by atoms with E-state index in [9.17, 15) is 4.79 Å². The van der Waals surface area contributed by atoms with Gasteiger partial charge in [-0.3, -0.25) is 9.48 Å². The number of aryl methyl sites for hydroxylation is 2. The van der Waals surface area contributed by atoms with E-state index in [0.29, 0.717) is 23.8 Å². The van der Waals surface area contributed by atoms with E-state index in [1.165, 1.54) is 12.8 Å². The Morgan fingerprint density at radius 3 is 2.82 bits per heavy atom. The van der Waals surface area contributed by atoms with E-state index in [1.54, 1.807) is 4.68 Å². The Kier molecular flexibility index (Phi) is 3.09. The third-order valence-electron chi connectivity index (χ3n) is 3.38. The Labute approximate surface area is 101 Å². The topological polar surface area (TPSA) is 72.9 Å². The zero-order valence-corrected chi connectivity index (χ0v) is 10.7. The van der Waals surface area contributed by atoms with Crippen molar-refractivity contribution < 1.29 is 4.79 Å². The van der Waals surface area contributed by atoms with Crippen molar-refractivity contribution in [1.82, 2.24) is 15.1 Å². The highest BCUT2D eigenvalue weighted by Gasteiger charge is 2.30. The number of nitrogens with zero attached hydrogens (tertiary/aromatic N) is 2. The largest absolute Gasteiger partial charge is 0.395 e. The highest BCUT2D eigenvalue weighted by Crippen LogP contribution is 2.32. The third-order valence-corrected chi connectivity index (χ3v) is 3.38. The molecule has 1 amide bonds. The smallest absolute Gasteiger partial charge is 0.271 e. The van der Waals surface area contributed by atoms with Gasteiger partial charge in [-0.25, -0.2) is 0 Å². The normalized spacial score (nSPS) is 16.9. The van der Waals surface area contributed by atoms with Gasteiger partial charge in [0, 0.05) is 12.6 Å². The number of hydrogen-bond acceptors (Lipinski definition) is 3. The number of amides is 1. The van der Waals surface area contributed by atoms with E-state index in [-0.39, 0.29) is 11.9 Å². The second-order valence-electron chi connectivity index (χ2n) is 4.76. The van der Waals surface area contributed by atoms with Crippen LogP contribution in [0.5, 0.6) is 0 Å². The number of aromatic nitrogens is 2. The fourth-order valence-corrected chi connectivity index (χ4v) is 2.05. The lowest BCUT2D eigenvalue weighted by molar-refractivity contribution is 0.0926. The molecular formula is C12H20N4O. The fraction of sp³-hybridized carbons (Fsp3) is 0.667. The van der Waals surface area contributed by atoms with Gasteiger partial charge in [0.1, 0.15) is 5.69 Å². The summed E-state index contributed by atoms with van der Waals surface area (Å²) in [6.07, 6.45) is 2.42. The first kappa shape index (κ1) is 12.0. The number of nitrogen functional groups attached to an aromatic ring is 1. The van der Waals surface area contributed by atoms with Crippen molar-refractivity contribution in [3.63, 3.8) is 0 Å². The van der Waals surface area contributed by atoms with Crippen LogP contribution in [0.3, 0.4) is 0 Å². The number of hydrogen-bond donors (Lipinski definition) is 2. The Morgan fingerprint density at radius 1 is 1.65 bits per heavy atom. The highest BCUT2D eigenvalue weighted by atomic mass is 16.2. The van der Waals surface area contributed by atoms with Gasteiger partial charge < -0.3 is 11.1 Å². The molecule has 94 valence electrons. The standard InChI is InChI=1S/C12H20N4O/c1-4-16-11(10(13)8(3)15-16)12(17)14-7(2)9-5-6-9/h7,9H,4-6,13H2,1-3H3,(H,14,17). The molecule has 0 aliphatic heterocycles. The Balaban J connectivity index is 2.17. The van der Waals surface area contributed by atoms with Gasteiger partial charge in [0.2, 0.25) is 0 Å². The minimum atomic E-state index is -0.107. The van der Waals surface area contributed by atoms with Gasteiger partial charge in [0.15, 0.2) is 0 Å². The number of carbonyl (C=O) groups is 1. The minimum absolute atomic E-state index is 0.107. The van der Waals surface area contributed by atoms with Gasteiger partial charge in [0.05, 0.1) is 11.4 Å². The molecule has 0 saturated heterocycles. The van der Waals surface area contributed by atoms with Crippen LogP contribution in [0.4, 0.5) is 5.69 Å². The summed E-state index contributed by atoms with van der Waals surface area (Å²) in [5.74, 6) is 0.531. The average molecular weight is 236 g/mol. The predicted molar refractivity (Wildman–Crippen MR) is 66.7 cm³/mol. The molecule has 1 aliphatic rings. The van der Waals surface area contributed by atoms with Gasteiger partial charge in [-0.1, -0.05) is 0 Å². The van der Waals surface area contributed by atoms with Crippen LogP contribution in [-0.4, -0.2) is 21.7 Å². The monoisotopic (exact) mass is 236 g/mol. The van der Waals surface area contributed by atoms with E-state index in [1.807, 2.05) is 20.8 Å². The predicted octanol–water partition coefficient (Wildman–Crippen LogP) is 1.32. The van der Waals surface area contributed by atoms with E-state index in [4.69, 9.17) is 5.73 Å². The Hall–Kier alpha value is -1.52. The molecule has 1 heterocycles. The summed E-state index contributed by atoms with van der Waals surface area (Å²) in [7, 11) is 0. The molecule has 1 aromatic rings. The maximum Gasteiger partial charge on any atom is 0.271 e. The number of rotatable bonds is 4. The summed E-state index contributed by atoms with van der Waals surface area (Å²) in [5, 5.41) is 7.26. The molecule has 0 bridgehead atoms. The summed E-state index contributed by atoms with van der Waals surface area (Å²) in [6.45, 7) is 6.47. The SMILES string of the molecule is CCn1nc(C)c(N)c1C(=O)NC(C)C1CC1. The van der Waals surface area contributed by atoms with E-state index < -0.39 is 0 Å². The van der Waals surface area contributed by atoms with Crippen molar-refractivity contribution in [2.24, 2.45) is 5.92 Å². The summed E-state index contributed by atoms with van der Waals surface area (Å²) in [4.78, 5) is 12.1. The summed E-state index contributed by atoms with van der Waals surface area (Å²) in [5.41, 5.74) is 7.61. The molecule has 5 nitrogen and oxygen atoms in total. The van der Waals surface area contributed by atoms with Crippen LogP contribution in [0.1, 0.15) is 42.9 Å². The van der Waals surface area contributed by atoms with Crippen LogP contribution in [0.2, 0.25) is 0 Å². The van der Waals surface area contributed by atoms with Crippen molar-refractivity contribution in [1.29, 1.82) is 0 Å². The van der Waals surface area contributed by atoms with E-state index in [0.717, 1.165) is 5.69 Å². The van der Waals surface area contributed by atoms with Crippen LogP contribution in [-0.2, 0) is 6.54 Å². The molecule has 0 aromatic carbocycles. The molecular weight excluding hydrogens is 216 g/mol. The quantitative estimate of drug-likeness (QED) is 0.828. The zero-order chi connectivity index (χ0) is 12.6. The molecule has 0 spiro atoms. The Bertz CT molecular complexity index is 434. The summed E-state index contributed by atoms with van der Waals surface area (Å²) in [6, 6.07) is 0.224. The van der Waals surface area contributed by atoms with Gasteiger partial charge in [-0.05, 0) is 39.5 Å². The molecule has 3 N–H and O–H groups in total. The molecule has 2 rings (SSSR count). The summed E-state index contributed by atoms with van der Waals surface area (Å²) < 4.78 is 1.67. The molecule has 1 saturated carbocycles. The summed E-state index contributed by atoms with van der Waals surface area (Å²) >= 11 is 0. The highest BCUT2D eigenvalue weighted by molar-refractivity contribution is 5.98. The van der Waals surface area contributed by atoms with Crippen molar-refractivity contribution in [2.75, 3.05) is 5.73 Å². The number of anilines is 1. The van der Waals surface area contributed by atoms with Crippen LogP contribution < -0.4 is 11.1 Å². The number of nitrogens with two attached hydrogens (primary N) is 1. The number of nitrogens with one attached hydrogen (secondary N) is 1. The lowest BCUT2D eigenvalue weighted by Crippen LogP contribution is -2.35. The van der Waals surface area contributed by atoms with Gasteiger partial charge in [-0.15, -0.1) is 0 Å². The average Bonchev–Trinajstić information content (AvgIpc) is 3.07. The molecule has 1 aromatic heterocycles. The van der Waals surface area contributed by atoms with E-state index in [2.05, 4.69) is 10.4 Å². The first-order valence-electron chi connectivity index (χ1n) is 6.18. The van der Waals surface area contributed by atoms with E-state index >= 15 is 0 Å². The molecule has 1 atom stereocenters. The van der Waals surface area contributed by atoms with Crippen molar-refractivity contribution >= 4 is 11.6 Å². The number of carbonyl (C=O) groups excluding carboxylic acids is 1. The maximum atomic E-state index is 12.1. The van der Waals surface area contributed by atoms with Crippen LogP contribution in [0, 0.1) is 12.8 Å². The lowest BCUT2D eigenvalue weighted by Gasteiger charge is -2.13. The third kappa shape index (κ3) is 2.28. The second kappa shape index (κ2) is 4.39. The van der Waals surface area contributed by atoms with Crippen LogP contribution >= 0.6 is 0 Å². The molecule has 0 radical (unpaired) electrons. The zero-order valence-electron chi connectivity index (χ0n) is 10.7. The minimum Gasteiger partial charge on any atom is -0.395 e. The van der Waals surface area contributed by atoms with Gasteiger partial charge >= 0.3 is 0 Å². The molecule has 5 heteroatoms. The second-order valence-corrected chi connectivity index (χ2v) is 4.76. The molecule has 17 heavy (non-hydrogen) atoms. The van der Waals surface area contributed by atoms with Crippen molar-refractivity contribution in [2.45, 2.75) is 46.2 Å². The van der Waals surface area contributed by atoms with Crippen molar-refractivity contribution in [3.05, 3.63) is 11.4 Å². The maximum absolute atomic E-state index is 12.1. The van der Waals surface area contributed by atoms with Crippen molar-refractivity contribution in [3.8, 4) is 0 Å². The van der Waals surface area contributed by atoms with Crippen LogP contribution in [0.15, 0.2) is 0 Å². The fourth-order valence-electron chi connectivity index (χ4n) is 2.05. The first-order valence-corrected chi connectivity index (χ1v) is 6.18. The molecule has 1 fully saturated rings. The van der Waals surface area contributed by atoms with Gasteiger partial charge in [-0.2, -0.15) is 5.10 Å². The lowest BCUT2D eigenvalue weighted by atomic mass is 10.2.